The second kappa shape index (κ2) is 4.88. The van der Waals surface area contributed by atoms with Gasteiger partial charge in [-0.3, -0.25) is 14.8 Å². The fraction of sp³-hybridized carbons (Fsp3) is 0.154. The van der Waals surface area contributed by atoms with Gasteiger partial charge in [-0.2, -0.15) is 5.10 Å². The highest BCUT2D eigenvalue weighted by Gasteiger charge is 2.16. The van der Waals surface area contributed by atoms with Crippen LogP contribution in [-0.4, -0.2) is 20.7 Å². The Hall–Kier alpha value is -2.35. The van der Waals surface area contributed by atoms with Crippen LogP contribution < -0.4 is 5.32 Å². The summed E-state index contributed by atoms with van der Waals surface area (Å²) in [6.45, 7) is 1.77. The van der Waals surface area contributed by atoms with Crippen molar-refractivity contribution in [2.45, 2.75) is 6.92 Å². The average Bonchev–Trinajstić information content (AvgIpc) is 2.92. The van der Waals surface area contributed by atoms with Crippen molar-refractivity contribution < 1.29 is 13.6 Å². The van der Waals surface area contributed by atoms with E-state index >= 15 is 0 Å². The Bertz CT molecular complexity index is 855. The monoisotopic (exact) mass is 308 g/mol. The predicted molar refractivity (Wildman–Crippen MR) is 75.4 cm³/mol. The van der Waals surface area contributed by atoms with Gasteiger partial charge >= 0.3 is 0 Å². The lowest BCUT2D eigenvalue weighted by atomic mass is 10.3. The topological polar surface area (TPSA) is 59.8 Å². The molecule has 3 aromatic rings. The Morgan fingerprint density at radius 1 is 1.33 bits per heavy atom. The van der Waals surface area contributed by atoms with Crippen LogP contribution in [0.15, 0.2) is 18.2 Å². The van der Waals surface area contributed by atoms with E-state index in [2.05, 4.69) is 15.4 Å². The van der Waals surface area contributed by atoms with Crippen LogP contribution in [-0.2, 0) is 7.05 Å². The highest BCUT2D eigenvalue weighted by atomic mass is 32.1. The molecular weight excluding hydrogens is 298 g/mol. The van der Waals surface area contributed by atoms with Crippen LogP contribution in [0.5, 0.6) is 0 Å². The minimum absolute atomic E-state index is 0.0397. The Morgan fingerprint density at radius 2 is 2.10 bits per heavy atom. The summed E-state index contributed by atoms with van der Waals surface area (Å²) in [5.41, 5.74) is 1.11. The van der Waals surface area contributed by atoms with E-state index in [1.54, 1.807) is 20.0 Å². The lowest BCUT2D eigenvalue weighted by molar-refractivity contribution is 0.101. The van der Waals surface area contributed by atoms with Crippen LogP contribution >= 0.6 is 11.3 Å². The molecule has 8 heteroatoms. The van der Waals surface area contributed by atoms with E-state index in [1.165, 1.54) is 10.7 Å². The molecule has 108 valence electrons. The second-order valence-electron chi connectivity index (χ2n) is 4.50. The van der Waals surface area contributed by atoms with Crippen LogP contribution in [0, 0.1) is 18.6 Å². The summed E-state index contributed by atoms with van der Waals surface area (Å²) in [4.78, 5) is 16.1. The molecule has 0 aliphatic heterocycles. The third-order valence-corrected chi connectivity index (χ3v) is 3.79. The summed E-state index contributed by atoms with van der Waals surface area (Å²) in [6.07, 6.45) is 0. The van der Waals surface area contributed by atoms with Crippen molar-refractivity contribution in [1.29, 1.82) is 0 Å². The van der Waals surface area contributed by atoms with Crippen LogP contribution in [0.2, 0.25) is 0 Å². The molecule has 0 fully saturated rings. The van der Waals surface area contributed by atoms with Gasteiger partial charge in [0, 0.05) is 13.1 Å². The molecule has 3 rings (SSSR count). The van der Waals surface area contributed by atoms with Gasteiger partial charge < -0.3 is 0 Å². The molecule has 0 saturated carbocycles. The van der Waals surface area contributed by atoms with E-state index in [0.29, 0.717) is 16.1 Å². The summed E-state index contributed by atoms with van der Waals surface area (Å²) in [5.74, 6) is -1.83. The predicted octanol–water partition coefficient (Wildman–Crippen LogP) is 2.87. The molecule has 0 bridgehead atoms. The van der Waals surface area contributed by atoms with Crippen LogP contribution in [0.4, 0.5) is 13.9 Å². The number of carbonyl (C=O) groups is 1. The van der Waals surface area contributed by atoms with Crippen LogP contribution in [0.25, 0.3) is 10.2 Å². The third-order valence-electron chi connectivity index (χ3n) is 2.87. The fourth-order valence-corrected chi connectivity index (χ4v) is 2.90. The molecule has 1 aromatic carbocycles. The van der Waals surface area contributed by atoms with E-state index in [9.17, 15) is 13.6 Å². The van der Waals surface area contributed by atoms with Gasteiger partial charge in [-0.15, -0.1) is 0 Å². The number of fused-ring (bicyclic) bond motifs is 1. The van der Waals surface area contributed by atoms with E-state index < -0.39 is 17.5 Å². The normalized spacial score (nSPS) is 11.0. The third kappa shape index (κ3) is 2.49. The average molecular weight is 308 g/mol. The first-order valence-corrected chi connectivity index (χ1v) is 6.83. The number of aromatic nitrogens is 3. The first-order chi connectivity index (χ1) is 9.94. The van der Waals surface area contributed by atoms with Gasteiger partial charge in [-0.05, 0) is 19.1 Å². The Kier molecular flexibility index (Phi) is 3.17. The zero-order chi connectivity index (χ0) is 15.1. The number of amides is 1. The SMILES string of the molecule is Cc1cc(C(=O)Nc2nc3c(F)cc(F)cc3s2)n(C)n1. The number of hydrogen-bond acceptors (Lipinski definition) is 4. The molecule has 0 spiro atoms. The Labute approximate surface area is 122 Å². The fourth-order valence-electron chi connectivity index (χ4n) is 1.99. The van der Waals surface area contributed by atoms with Crippen molar-refractivity contribution in [2.24, 2.45) is 7.05 Å². The maximum absolute atomic E-state index is 13.6. The van der Waals surface area contributed by atoms with Gasteiger partial charge in [-0.25, -0.2) is 13.8 Å². The van der Waals surface area contributed by atoms with Crippen molar-refractivity contribution in [1.82, 2.24) is 14.8 Å². The van der Waals surface area contributed by atoms with E-state index in [4.69, 9.17) is 0 Å². The minimum Gasteiger partial charge on any atom is -0.296 e. The molecule has 0 atom stereocenters. The highest BCUT2D eigenvalue weighted by Crippen LogP contribution is 2.28. The molecule has 0 aliphatic carbocycles. The maximum atomic E-state index is 13.6. The zero-order valence-corrected chi connectivity index (χ0v) is 12.0. The molecule has 0 saturated heterocycles. The number of anilines is 1. The number of carbonyl (C=O) groups excluding carboxylic acids is 1. The van der Waals surface area contributed by atoms with Crippen LogP contribution in [0.1, 0.15) is 16.2 Å². The number of benzene rings is 1. The molecule has 0 radical (unpaired) electrons. The number of nitrogens with zero attached hydrogens (tertiary/aromatic N) is 3. The van der Waals surface area contributed by atoms with Gasteiger partial charge in [0.2, 0.25) is 0 Å². The van der Waals surface area contributed by atoms with Crippen LogP contribution in [0.3, 0.4) is 0 Å². The summed E-state index contributed by atoms with van der Waals surface area (Å²) in [6, 6.07) is 3.57. The lowest BCUT2D eigenvalue weighted by Crippen LogP contribution is -2.15. The molecule has 1 amide bonds. The summed E-state index contributed by atoms with van der Waals surface area (Å²) < 4.78 is 28.5. The van der Waals surface area contributed by atoms with Gasteiger partial charge in [0.05, 0.1) is 10.4 Å². The first kappa shape index (κ1) is 13.6. The summed E-state index contributed by atoms with van der Waals surface area (Å²) in [5, 5.41) is 6.85. The molecule has 2 heterocycles. The second-order valence-corrected chi connectivity index (χ2v) is 5.53. The van der Waals surface area contributed by atoms with Gasteiger partial charge in [0.25, 0.3) is 5.91 Å². The minimum atomic E-state index is -0.752. The van der Waals surface area contributed by atoms with Gasteiger partial charge in [-0.1, -0.05) is 11.3 Å². The molecule has 2 aromatic heterocycles. The molecule has 0 aliphatic rings. The molecule has 21 heavy (non-hydrogen) atoms. The molecule has 5 nitrogen and oxygen atoms in total. The smallest absolute Gasteiger partial charge is 0.275 e. The largest absolute Gasteiger partial charge is 0.296 e. The van der Waals surface area contributed by atoms with E-state index in [-0.39, 0.29) is 10.6 Å². The van der Waals surface area contributed by atoms with Crippen molar-refractivity contribution in [3.05, 3.63) is 41.2 Å². The van der Waals surface area contributed by atoms with Gasteiger partial charge in [0.15, 0.2) is 10.9 Å². The lowest BCUT2D eigenvalue weighted by Gasteiger charge is -2.00. The Morgan fingerprint density at radius 3 is 2.76 bits per heavy atom. The number of halogens is 2. The summed E-state index contributed by atoms with van der Waals surface area (Å²) >= 11 is 1.01. The van der Waals surface area contributed by atoms with Crippen molar-refractivity contribution >= 4 is 32.6 Å². The molecular formula is C13H10F2N4OS. The standard InChI is InChI=1S/C13H10F2N4OS/c1-6-3-9(19(2)18-6)12(20)17-13-16-11-8(15)4-7(14)5-10(11)21-13/h3-5H,1-2H3,(H,16,17,20). The number of thiazole rings is 1. The number of nitrogens with one attached hydrogen (secondary N) is 1. The molecule has 1 N–H and O–H groups in total. The number of aryl methyl sites for hydroxylation is 2. The molecule has 0 unspecified atom stereocenters. The van der Waals surface area contributed by atoms with E-state index in [1.807, 2.05) is 0 Å². The number of rotatable bonds is 2. The van der Waals surface area contributed by atoms with Crippen molar-refractivity contribution in [3.8, 4) is 0 Å². The summed E-state index contributed by atoms with van der Waals surface area (Å²) in [7, 11) is 1.65. The maximum Gasteiger partial charge on any atom is 0.275 e. The quantitative estimate of drug-likeness (QED) is 0.792. The zero-order valence-electron chi connectivity index (χ0n) is 11.1. The van der Waals surface area contributed by atoms with E-state index in [0.717, 1.165) is 17.4 Å². The van der Waals surface area contributed by atoms with Crippen molar-refractivity contribution in [3.63, 3.8) is 0 Å². The Balaban J connectivity index is 1.93. The van der Waals surface area contributed by atoms with Crippen molar-refractivity contribution in [2.75, 3.05) is 5.32 Å². The first-order valence-electron chi connectivity index (χ1n) is 6.01. The highest BCUT2D eigenvalue weighted by molar-refractivity contribution is 7.22. The van der Waals surface area contributed by atoms with Gasteiger partial charge in [0.1, 0.15) is 17.0 Å². The number of hydrogen-bond donors (Lipinski definition) is 1.